The van der Waals surface area contributed by atoms with Crippen molar-refractivity contribution in [3.8, 4) is 5.75 Å². The average Bonchev–Trinajstić information content (AvgIpc) is 3.06. The Morgan fingerprint density at radius 3 is 3.08 bits per heavy atom. The molecule has 2 aliphatic rings. The van der Waals surface area contributed by atoms with E-state index in [1.54, 1.807) is 24.4 Å². The first-order chi connectivity index (χ1) is 12.1. The maximum absolute atomic E-state index is 13.1. The van der Waals surface area contributed by atoms with Crippen LogP contribution in [0.4, 0.5) is 5.69 Å². The molecule has 2 aromatic rings. The number of nitrogens with one attached hydrogen (secondary N) is 1. The van der Waals surface area contributed by atoms with Gasteiger partial charge >= 0.3 is 0 Å². The number of para-hydroxylation sites is 1. The third-order valence-electron chi connectivity index (χ3n) is 4.81. The number of likely N-dealkylation sites (tertiary alicyclic amines) is 1. The van der Waals surface area contributed by atoms with E-state index in [-0.39, 0.29) is 24.5 Å². The van der Waals surface area contributed by atoms with E-state index in [1.165, 1.54) is 0 Å². The van der Waals surface area contributed by atoms with Crippen LogP contribution in [-0.2, 0) is 4.79 Å². The summed E-state index contributed by atoms with van der Waals surface area (Å²) in [6, 6.07) is 5.50. The van der Waals surface area contributed by atoms with Gasteiger partial charge < -0.3 is 19.5 Å². The van der Waals surface area contributed by atoms with Gasteiger partial charge in [-0.3, -0.25) is 9.59 Å². The van der Waals surface area contributed by atoms with Crippen molar-refractivity contribution in [2.45, 2.75) is 25.8 Å². The summed E-state index contributed by atoms with van der Waals surface area (Å²) in [5, 5.41) is 2.75. The molecule has 2 amide bonds. The first-order valence-electron chi connectivity index (χ1n) is 8.48. The minimum atomic E-state index is -0.203. The number of carbonyl (C=O) groups excluding carboxylic acids is 2. The molecule has 1 N–H and O–H groups in total. The molecule has 0 aliphatic carbocycles. The molecule has 7 nitrogen and oxygen atoms in total. The molecule has 1 aromatic heterocycles. The Morgan fingerprint density at radius 2 is 2.28 bits per heavy atom. The number of piperidine rings is 1. The number of aromatic nitrogens is 2. The van der Waals surface area contributed by atoms with Gasteiger partial charge in [0, 0.05) is 25.5 Å². The van der Waals surface area contributed by atoms with E-state index < -0.39 is 0 Å². The minimum absolute atomic E-state index is 0.0598. The highest BCUT2D eigenvalue weighted by Crippen LogP contribution is 2.33. The quantitative estimate of drug-likeness (QED) is 0.907. The van der Waals surface area contributed by atoms with Crippen molar-refractivity contribution in [1.82, 2.24) is 14.5 Å². The summed E-state index contributed by atoms with van der Waals surface area (Å²) in [6.07, 6.45) is 5.73. The van der Waals surface area contributed by atoms with Crippen LogP contribution in [0.25, 0.3) is 0 Å². The van der Waals surface area contributed by atoms with Crippen LogP contribution in [0.3, 0.4) is 0 Å². The number of amides is 2. The van der Waals surface area contributed by atoms with Gasteiger partial charge in [0.15, 0.2) is 12.4 Å². The fourth-order valence-electron chi connectivity index (χ4n) is 3.59. The Kier molecular flexibility index (Phi) is 3.91. The van der Waals surface area contributed by atoms with Crippen LogP contribution in [-0.4, -0.2) is 46.0 Å². The molecule has 7 heteroatoms. The van der Waals surface area contributed by atoms with Crippen LogP contribution >= 0.6 is 0 Å². The Morgan fingerprint density at radius 1 is 1.40 bits per heavy atom. The number of nitrogens with zero attached hydrogens (tertiary/aromatic N) is 3. The van der Waals surface area contributed by atoms with Gasteiger partial charge in [-0.1, -0.05) is 6.07 Å². The number of rotatable bonds is 2. The van der Waals surface area contributed by atoms with Crippen LogP contribution in [0, 0.1) is 6.92 Å². The standard InChI is InChI=1S/C18H20N4O3/c1-12-19-7-9-22(12)13-4-3-8-21(10-13)18(24)14-5-2-6-15-17(14)25-11-16(23)20-15/h2,5-7,9,13H,3-4,8,10-11H2,1H3,(H,20,23)/t13-/m0/s1. The Balaban J connectivity index is 1.58. The highest BCUT2D eigenvalue weighted by atomic mass is 16.5. The molecule has 3 heterocycles. The molecule has 0 unspecified atom stereocenters. The number of ether oxygens (including phenoxy) is 1. The fraction of sp³-hybridized carbons (Fsp3) is 0.389. The van der Waals surface area contributed by atoms with Gasteiger partial charge in [-0.15, -0.1) is 0 Å². The first kappa shape index (κ1) is 15.7. The number of imidazole rings is 1. The molecule has 130 valence electrons. The Bertz CT molecular complexity index is 829. The van der Waals surface area contributed by atoms with Crippen molar-refractivity contribution >= 4 is 17.5 Å². The molecule has 1 saturated heterocycles. The first-order valence-corrected chi connectivity index (χ1v) is 8.48. The van der Waals surface area contributed by atoms with Gasteiger partial charge in [0.2, 0.25) is 0 Å². The van der Waals surface area contributed by atoms with Crippen molar-refractivity contribution < 1.29 is 14.3 Å². The number of benzene rings is 1. The van der Waals surface area contributed by atoms with Gasteiger partial charge in [-0.05, 0) is 31.9 Å². The maximum atomic E-state index is 13.1. The molecule has 4 rings (SSSR count). The summed E-state index contributed by atoms with van der Waals surface area (Å²) in [7, 11) is 0. The lowest BCUT2D eigenvalue weighted by Crippen LogP contribution is -2.41. The molecule has 0 spiro atoms. The Hall–Kier alpha value is -2.83. The molecule has 0 saturated carbocycles. The molecule has 1 fully saturated rings. The summed E-state index contributed by atoms with van der Waals surface area (Å²) < 4.78 is 7.66. The van der Waals surface area contributed by atoms with Crippen molar-refractivity contribution in [3.63, 3.8) is 0 Å². The summed E-state index contributed by atoms with van der Waals surface area (Å²) in [6.45, 7) is 3.28. The third kappa shape index (κ3) is 2.86. The maximum Gasteiger partial charge on any atom is 0.262 e. The molecule has 0 radical (unpaired) electrons. The van der Waals surface area contributed by atoms with Gasteiger partial charge in [-0.25, -0.2) is 4.98 Å². The van der Waals surface area contributed by atoms with E-state index >= 15 is 0 Å². The van der Waals surface area contributed by atoms with Crippen molar-refractivity contribution in [1.29, 1.82) is 0 Å². The number of anilines is 1. The molecule has 25 heavy (non-hydrogen) atoms. The highest BCUT2D eigenvalue weighted by Gasteiger charge is 2.29. The second kappa shape index (κ2) is 6.23. The van der Waals surface area contributed by atoms with Crippen LogP contribution in [0.2, 0.25) is 0 Å². The number of carbonyl (C=O) groups is 2. The second-order valence-corrected chi connectivity index (χ2v) is 6.45. The number of hydrogen-bond acceptors (Lipinski definition) is 4. The Labute approximate surface area is 145 Å². The molecule has 1 aromatic carbocycles. The molecular formula is C18H20N4O3. The number of fused-ring (bicyclic) bond motifs is 1. The summed E-state index contributed by atoms with van der Waals surface area (Å²) in [5.41, 5.74) is 1.06. The minimum Gasteiger partial charge on any atom is -0.481 e. The van der Waals surface area contributed by atoms with Crippen molar-refractivity contribution in [3.05, 3.63) is 42.0 Å². The number of aryl methyl sites for hydroxylation is 1. The largest absolute Gasteiger partial charge is 0.481 e. The monoisotopic (exact) mass is 340 g/mol. The van der Waals surface area contributed by atoms with E-state index in [4.69, 9.17) is 4.74 Å². The topological polar surface area (TPSA) is 76.5 Å². The number of hydrogen-bond donors (Lipinski definition) is 1. The average molecular weight is 340 g/mol. The molecule has 1 atom stereocenters. The molecule has 0 bridgehead atoms. The van der Waals surface area contributed by atoms with E-state index in [1.807, 2.05) is 18.0 Å². The lowest BCUT2D eigenvalue weighted by Gasteiger charge is -2.34. The SMILES string of the molecule is Cc1nccn1[C@H]1CCCN(C(=O)c2cccc3c2OCC(=O)N3)C1. The third-order valence-corrected chi connectivity index (χ3v) is 4.81. The highest BCUT2D eigenvalue weighted by molar-refractivity contribution is 6.03. The van der Waals surface area contributed by atoms with Gasteiger partial charge in [0.1, 0.15) is 5.82 Å². The smallest absolute Gasteiger partial charge is 0.262 e. The van der Waals surface area contributed by atoms with Crippen LogP contribution < -0.4 is 10.1 Å². The van der Waals surface area contributed by atoms with E-state index in [2.05, 4.69) is 14.9 Å². The summed E-state index contributed by atoms with van der Waals surface area (Å²) >= 11 is 0. The van der Waals surface area contributed by atoms with Gasteiger partial charge in [0.25, 0.3) is 11.8 Å². The van der Waals surface area contributed by atoms with Crippen LogP contribution in [0.15, 0.2) is 30.6 Å². The normalized spacial score (nSPS) is 19.8. The van der Waals surface area contributed by atoms with Crippen molar-refractivity contribution in [2.75, 3.05) is 25.0 Å². The zero-order valence-corrected chi connectivity index (χ0v) is 14.1. The van der Waals surface area contributed by atoms with Gasteiger partial charge in [-0.2, -0.15) is 0 Å². The lowest BCUT2D eigenvalue weighted by molar-refractivity contribution is -0.118. The van der Waals surface area contributed by atoms with Gasteiger partial charge in [0.05, 0.1) is 17.3 Å². The van der Waals surface area contributed by atoms with E-state index in [0.29, 0.717) is 23.5 Å². The van der Waals surface area contributed by atoms with Crippen LogP contribution in [0.5, 0.6) is 5.75 Å². The van der Waals surface area contributed by atoms with Crippen LogP contribution in [0.1, 0.15) is 35.1 Å². The summed E-state index contributed by atoms with van der Waals surface area (Å²) in [4.78, 5) is 30.7. The predicted octanol–water partition coefficient (Wildman–Crippen LogP) is 2.00. The van der Waals surface area contributed by atoms with Crippen molar-refractivity contribution in [2.24, 2.45) is 0 Å². The summed E-state index contributed by atoms with van der Waals surface area (Å²) in [5.74, 6) is 1.16. The zero-order valence-electron chi connectivity index (χ0n) is 14.1. The predicted molar refractivity (Wildman–Crippen MR) is 91.7 cm³/mol. The van der Waals surface area contributed by atoms with E-state index in [0.717, 1.165) is 25.2 Å². The second-order valence-electron chi connectivity index (χ2n) is 6.45. The fourth-order valence-corrected chi connectivity index (χ4v) is 3.59. The lowest BCUT2D eigenvalue weighted by atomic mass is 10.0. The zero-order chi connectivity index (χ0) is 17.4. The molecular weight excluding hydrogens is 320 g/mol. The van der Waals surface area contributed by atoms with E-state index in [9.17, 15) is 9.59 Å². The molecule has 2 aliphatic heterocycles.